The molecule has 54 valence electrons. The summed E-state index contributed by atoms with van der Waals surface area (Å²) < 4.78 is 0. The smallest absolute Gasteiger partial charge is 0.430 e. The number of carbonyl (C=O) groups is 1. The van der Waals surface area contributed by atoms with Crippen LogP contribution in [0, 0.1) is 0 Å². The SMILES string of the molecule is CC1=CC=CNN1C(=O)O. The molecule has 1 aliphatic heterocycles. The van der Waals surface area contributed by atoms with Gasteiger partial charge in [0.1, 0.15) is 0 Å². The van der Waals surface area contributed by atoms with Gasteiger partial charge >= 0.3 is 6.09 Å². The normalized spacial score (nSPS) is 16.1. The van der Waals surface area contributed by atoms with Crippen LogP contribution in [0.4, 0.5) is 4.79 Å². The van der Waals surface area contributed by atoms with Crippen molar-refractivity contribution in [2.24, 2.45) is 0 Å². The van der Waals surface area contributed by atoms with E-state index in [2.05, 4.69) is 5.43 Å². The summed E-state index contributed by atoms with van der Waals surface area (Å²) in [6, 6.07) is 0. The summed E-state index contributed by atoms with van der Waals surface area (Å²) in [5.74, 6) is 0. The zero-order chi connectivity index (χ0) is 7.56. The Bertz CT molecular complexity index is 208. The van der Waals surface area contributed by atoms with Gasteiger partial charge in [0, 0.05) is 11.9 Å². The van der Waals surface area contributed by atoms with Crippen LogP contribution < -0.4 is 5.43 Å². The number of hydrogen-bond acceptors (Lipinski definition) is 2. The molecule has 1 amide bonds. The van der Waals surface area contributed by atoms with Crippen LogP contribution >= 0.6 is 0 Å². The predicted molar refractivity (Wildman–Crippen MR) is 35.9 cm³/mol. The molecule has 1 aliphatic rings. The lowest BCUT2D eigenvalue weighted by atomic mass is 10.4. The van der Waals surface area contributed by atoms with E-state index in [0.717, 1.165) is 5.01 Å². The van der Waals surface area contributed by atoms with E-state index in [0.29, 0.717) is 5.70 Å². The fraction of sp³-hybridized carbons (Fsp3) is 0.167. The van der Waals surface area contributed by atoms with Gasteiger partial charge in [-0.15, -0.1) is 0 Å². The van der Waals surface area contributed by atoms with E-state index in [1.807, 2.05) is 0 Å². The van der Waals surface area contributed by atoms with Crippen molar-refractivity contribution in [3.8, 4) is 0 Å². The predicted octanol–water partition coefficient (Wildman–Crippen LogP) is 0.902. The average Bonchev–Trinajstić information content (AvgIpc) is 1.88. The van der Waals surface area contributed by atoms with Gasteiger partial charge in [-0.05, 0) is 19.1 Å². The van der Waals surface area contributed by atoms with Crippen molar-refractivity contribution in [3.05, 3.63) is 24.0 Å². The molecule has 0 radical (unpaired) electrons. The van der Waals surface area contributed by atoms with E-state index in [1.165, 1.54) is 0 Å². The molecule has 0 aromatic rings. The molecule has 0 bridgehead atoms. The largest absolute Gasteiger partial charge is 0.463 e. The molecule has 0 aliphatic carbocycles. The molecule has 0 aromatic carbocycles. The molecule has 0 spiro atoms. The van der Waals surface area contributed by atoms with E-state index in [9.17, 15) is 4.79 Å². The molecule has 0 saturated carbocycles. The fourth-order valence-electron chi connectivity index (χ4n) is 0.687. The van der Waals surface area contributed by atoms with Crippen LogP contribution in [-0.2, 0) is 0 Å². The van der Waals surface area contributed by atoms with Crippen molar-refractivity contribution in [1.82, 2.24) is 10.4 Å². The first kappa shape index (κ1) is 6.67. The van der Waals surface area contributed by atoms with Crippen LogP contribution in [0.2, 0.25) is 0 Å². The van der Waals surface area contributed by atoms with Crippen molar-refractivity contribution in [2.45, 2.75) is 6.92 Å². The van der Waals surface area contributed by atoms with E-state index in [1.54, 1.807) is 25.3 Å². The van der Waals surface area contributed by atoms with Gasteiger partial charge in [0.15, 0.2) is 0 Å². The molecule has 0 fully saturated rings. The third-order valence-electron chi connectivity index (χ3n) is 1.18. The van der Waals surface area contributed by atoms with E-state index < -0.39 is 6.09 Å². The molecule has 0 saturated heterocycles. The van der Waals surface area contributed by atoms with Gasteiger partial charge in [-0.2, -0.15) is 5.01 Å². The highest BCUT2D eigenvalue weighted by Crippen LogP contribution is 2.03. The molecule has 1 heterocycles. The summed E-state index contributed by atoms with van der Waals surface area (Å²) in [4.78, 5) is 10.4. The third kappa shape index (κ3) is 1.10. The first-order valence-corrected chi connectivity index (χ1v) is 2.84. The van der Waals surface area contributed by atoms with E-state index in [-0.39, 0.29) is 0 Å². The maximum Gasteiger partial charge on any atom is 0.430 e. The maximum absolute atomic E-state index is 10.4. The Kier molecular flexibility index (Phi) is 1.62. The number of allylic oxidation sites excluding steroid dienone is 3. The standard InChI is InChI=1S/C6H8N2O2/c1-5-3-2-4-7-8(5)6(9)10/h2-4,7H,1H3,(H,9,10). The Morgan fingerprint density at radius 2 is 2.50 bits per heavy atom. The van der Waals surface area contributed by atoms with Crippen molar-refractivity contribution in [2.75, 3.05) is 0 Å². The van der Waals surface area contributed by atoms with Crippen molar-refractivity contribution in [3.63, 3.8) is 0 Å². The number of amides is 1. The molecular weight excluding hydrogens is 132 g/mol. The molecule has 4 heteroatoms. The molecule has 0 atom stereocenters. The Hall–Kier alpha value is -1.45. The van der Waals surface area contributed by atoms with Crippen LogP contribution in [0.25, 0.3) is 0 Å². The average molecular weight is 140 g/mol. The maximum atomic E-state index is 10.4. The molecule has 10 heavy (non-hydrogen) atoms. The Morgan fingerprint density at radius 3 is 2.90 bits per heavy atom. The fourth-order valence-corrected chi connectivity index (χ4v) is 0.687. The van der Waals surface area contributed by atoms with Crippen LogP contribution in [-0.4, -0.2) is 16.2 Å². The van der Waals surface area contributed by atoms with Crippen LogP contribution in [0.3, 0.4) is 0 Å². The minimum absolute atomic E-state index is 0.662. The summed E-state index contributed by atoms with van der Waals surface area (Å²) in [6.45, 7) is 1.71. The lowest BCUT2D eigenvalue weighted by Crippen LogP contribution is -2.38. The van der Waals surface area contributed by atoms with E-state index in [4.69, 9.17) is 5.11 Å². The lowest BCUT2D eigenvalue weighted by Gasteiger charge is -2.21. The molecule has 0 aromatic heterocycles. The van der Waals surface area contributed by atoms with Gasteiger partial charge in [0.25, 0.3) is 0 Å². The number of nitrogens with zero attached hydrogens (tertiary/aromatic N) is 1. The summed E-state index contributed by atoms with van der Waals surface area (Å²) in [5.41, 5.74) is 3.22. The molecule has 1 rings (SSSR count). The Labute approximate surface area is 58.4 Å². The first-order chi connectivity index (χ1) is 4.72. The number of rotatable bonds is 0. The number of nitrogens with one attached hydrogen (secondary N) is 1. The zero-order valence-electron chi connectivity index (χ0n) is 5.53. The second-order valence-corrected chi connectivity index (χ2v) is 1.91. The van der Waals surface area contributed by atoms with Crippen LogP contribution in [0.1, 0.15) is 6.92 Å². The topological polar surface area (TPSA) is 52.6 Å². The summed E-state index contributed by atoms with van der Waals surface area (Å²) >= 11 is 0. The summed E-state index contributed by atoms with van der Waals surface area (Å²) in [5, 5.41) is 9.54. The minimum atomic E-state index is -1.00. The second kappa shape index (κ2) is 2.43. The van der Waals surface area contributed by atoms with E-state index >= 15 is 0 Å². The van der Waals surface area contributed by atoms with Gasteiger partial charge < -0.3 is 5.11 Å². The number of carboxylic acid groups (broad SMARTS) is 1. The number of hydrazine groups is 1. The lowest BCUT2D eigenvalue weighted by molar-refractivity contribution is 0.146. The molecular formula is C6H8N2O2. The first-order valence-electron chi connectivity index (χ1n) is 2.84. The van der Waals surface area contributed by atoms with Gasteiger partial charge in [-0.25, -0.2) is 4.79 Å². The Morgan fingerprint density at radius 1 is 1.80 bits per heavy atom. The van der Waals surface area contributed by atoms with Gasteiger partial charge in [-0.1, -0.05) is 0 Å². The quantitative estimate of drug-likeness (QED) is 0.525. The van der Waals surface area contributed by atoms with Crippen molar-refractivity contribution in [1.29, 1.82) is 0 Å². The second-order valence-electron chi connectivity index (χ2n) is 1.91. The number of hydrogen-bond donors (Lipinski definition) is 2. The highest BCUT2D eigenvalue weighted by atomic mass is 16.4. The third-order valence-corrected chi connectivity index (χ3v) is 1.18. The Balaban J connectivity index is 2.73. The van der Waals surface area contributed by atoms with Crippen LogP contribution in [0.15, 0.2) is 24.0 Å². The molecule has 2 N–H and O–H groups in total. The highest BCUT2D eigenvalue weighted by molar-refractivity contribution is 5.67. The highest BCUT2D eigenvalue weighted by Gasteiger charge is 2.12. The van der Waals surface area contributed by atoms with Crippen molar-refractivity contribution < 1.29 is 9.90 Å². The molecule has 0 unspecified atom stereocenters. The monoisotopic (exact) mass is 140 g/mol. The van der Waals surface area contributed by atoms with Gasteiger partial charge in [-0.3, -0.25) is 5.43 Å². The van der Waals surface area contributed by atoms with Crippen molar-refractivity contribution >= 4 is 6.09 Å². The summed E-state index contributed by atoms with van der Waals surface area (Å²) in [7, 11) is 0. The summed E-state index contributed by atoms with van der Waals surface area (Å²) in [6.07, 6.45) is 4.01. The van der Waals surface area contributed by atoms with Crippen LogP contribution in [0.5, 0.6) is 0 Å². The minimum Gasteiger partial charge on any atom is -0.463 e. The van der Waals surface area contributed by atoms with Gasteiger partial charge in [0.05, 0.1) is 0 Å². The zero-order valence-corrected chi connectivity index (χ0v) is 5.53. The van der Waals surface area contributed by atoms with Gasteiger partial charge in [0.2, 0.25) is 0 Å². The molecule has 4 nitrogen and oxygen atoms in total.